The van der Waals surface area contributed by atoms with Crippen LogP contribution in [0.4, 0.5) is 0 Å². The Kier molecular flexibility index (Phi) is 5.21. The van der Waals surface area contributed by atoms with Gasteiger partial charge in [0.1, 0.15) is 0 Å². The molecule has 1 aromatic rings. The van der Waals surface area contributed by atoms with Crippen LogP contribution in [0.15, 0.2) is 29.2 Å². The van der Waals surface area contributed by atoms with Crippen molar-refractivity contribution in [3.63, 3.8) is 0 Å². The van der Waals surface area contributed by atoms with Gasteiger partial charge in [-0.15, -0.1) is 11.8 Å². The summed E-state index contributed by atoms with van der Waals surface area (Å²) in [4.78, 5) is 12.4. The van der Waals surface area contributed by atoms with Crippen LogP contribution < -0.4 is 0 Å². The van der Waals surface area contributed by atoms with Crippen LogP contribution in [-0.4, -0.2) is 30.0 Å². The third-order valence-electron chi connectivity index (χ3n) is 1.73. The summed E-state index contributed by atoms with van der Waals surface area (Å²) in [6.45, 7) is 2.25. The molecule has 0 aliphatic heterocycles. The van der Waals surface area contributed by atoms with Crippen LogP contribution in [0.5, 0.6) is 0 Å². The SMILES string of the molecule is CCOC(=O)c1ccccc1SCCO. The summed E-state index contributed by atoms with van der Waals surface area (Å²) in [7, 11) is 0. The van der Waals surface area contributed by atoms with Crippen LogP contribution >= 0.6 is 11.8 Å². The van der Waals surface area contributed by atoms with Gasteiger partial charge in [0, 0.05) is 10.6 Å². The van der Waals surface area contributed by atoms with Crippen LogP contribution in [0, 0.1) is 0 Å². The number of aliphatic hydroxyl groups excluding tert-OH is 1. The van der Waals surface area contributed by atoms with Gasteiger partial charge in [-0.05, 0) is 19.1 Å². The maximum atomic E-state index is 11.5. The zero-order valence-electron chi connectivity index (χ0n) is 8.60. The van der Waals surface area contributed by atoms with Gasteiger partial charge in [0.25, 0.3) is 0 Å². The van der Waals surface area contributed by atoms with E-state index in [0.29, 0.717) is 17.9 Å². The molecule has 0 spiro atoms. The van der Waals surface area contributed by atoms with Gasteiger partial charge in [-0.25, -0.2) is 4.79 Å². The zero-order chi connectivity index (χ0) is 11.1. The molecule has 1 aromatic carbocycles. The lowest BCUT2D eigenvalue weighted by Gasteiger charge is -2.07. The van der Waals surface area contributed by atoms with Crippen molar-refractivity contribution in [3.05, 3.63) is 29.8 Å². The lowest BCUT2D eigenvalue weighted by molar-refractivity contribution is 0.0522. The molecule has 15 heavy (non-hydrogen) atoms. The zero-order valence-corrected chi connectivity index (χ0v) is 9.42. The predicted octanol–water partition coefficient (Wildman–Crippen LogP) is 1.95. The number of rotatable bonds is 5. The molecule has 0 saturated heterocycles. The Morgan fingerprint density at radius 1 is 1.47 bits per heavy atom. The van der Waals surface area contributed by atoms with E-state index < -0.39 is 0 Å². The molecule has 0 aliphatic rings. The minimum absolute atomic E-state index is 0.0990. The highest BCUT2D eigenvalue weighted by molar-refractivity contribution is 7.99. The van der Waals surface area contributed by atoms with E-state index in [1.165, 1.54) is 11.8 Å². The van der Waals surface area contributed by atoms with E-state index in [4.69, 9.17) is 9.84 Å². The summed E-state index contributed by atoms with van der Waals surface area (Å²) < 4.78 is 4.93. The van der Waals surface area contributed by atoms with Crippen molar-refractivity contribution >= 4 is 17.7 Å². The molecule has 3 nitrogen and oxygen atoms in total. The summed E-state index contributed by atoms with van der Waals surface area (Å²) in [6.07, 6.45) is 0. The number of aliphatic hydroxyl groups is 1. The molecule has 0 heterocycles. The summed E-state index contributed by atoms with van der Waals surface area (Å²) in [5, 5.41) is 8.72. The largest absolute Gasteiger partial charge is 0.462 e. The number of thioether (sulfide) groups is 1. The van der Waals surface area contributed by atoms with Gasteiger partial charge in [0.05, 0.1) is 18.8 Å². The molecule has 0 fully saturated rings. The molecule has 0 radical (unpaired) electrons. The van der Waals surface area contributed by atoms with E-state index >= 15 is 0 Å². The third-order valence-corrected chi connectivity index (χ3v) is 2.78. The van der Waals surface area contributed by atoms with Crippen molar-refractivity contribution < 1.29 is 14.6 Å². The lowest BCUT2D eigenvalue weighted by atomic mass is 10.2. The summed E-state index contributed by atoms with van der Waals surface area (Å²) in [5.41, 5.74) is 0.567. The number of hydrogen-bond acceptors (Lipinski definition) is 4. The molecular formula is C11H14O3S. The minimum Gasteiger partial charge on any atom is -0.462 e. The molecule has 1 rings (SSSR count). The van der Waals surface area contributed by atoms with Gasteiger partial charge >= 0.3 is 5.97 Å². The first-order chi connectivity index (χ1) is 7.29. The van der Waals surface area contributed by atoms with Crippen LogP contribution in [0.2, 0.25) is 0 Å². The summed E-state index contributed by atoms with van der Waals surface area (Å²) >= 11 is 1.45. The molecular weight excluding hydrogens is 212 g/mol. The first-order valence-corrected chi connectivity index (χ1v) is 5.78. The van der Waals surface area contributed by atoms with Gasteiger partial charge in [0.2, 0.25) is 0 Å². The Morgan fingerprint density at radius 3 is 2.87 bits per heavy atom. The molecule has 0 bridgehead atoms. The first-order valence-electron chi connectivity index (χ1n) is 4.79. The second kappa shape index (κ2) is 6.48. The standard InChI is InChI=1S/C11H14O3S/c1-2-14-11(13)9-5-3-4-6-10(9)15-8-7-12/h3-6,12H,2,7-8H2,1H3. The lowest BCUT2D eigenvalue weighted by Crippen LogP contribution is -2.06. The van der Waals surface area contributed by atoms with E-state index in [-0.39, 0.29) is 12.6 Å². The number of esters is 1. The van der Waals surface area contributed by atoms with Crippen LogP contribution in [0.25, 0.3) is 0 Å². The number of benzene rings is 1. The minimum atomic E-state index is -0.307. The Bertz CT molecular complexity index is 325. The highest BCUT2D eigenvalue weighted by Gasteiger charge is 2.11. The molecule has 0 saturated carbocycles. The van der Waals surface area contributed by atoms with Crippen LogP contribution in [0.3, 0.4) is 0 Å². The van der Waals surface area contributed by atoms with E-state index in [1.807, 2.05) is 12.1 Å². The Balaban J connectivity index is 2.80. The fraction of sp³-hybridized carbons (Fsp3) is 0.364. The smallest absolute Gasteiger partial charge is 0.339 e. The number of ether oxygens (including phenoxy) is 1. The van der Waals surface area contributed by atoms with E-state index in [2.05, 4.69) is 0 Å². The summed E-state index contributed by atoms with van der Waals surface area (Å²) in [6, 6.07) is 7.25. The van der Waals surface area contributed by atoms with Crippen molar-refractivity contribution in [3.8, 4) is 0 Å². The molecule has 0 atom stereocenters. The average molecular weight is 226 g/mol. The number of carbonyl (C=O) groups excluding carboxylic acids is 1. The predicted molar refractivity (Wildman–Crippen MR) is 60.2 cm³/mol. The monoisotopic (exact) mass is 226 g/mol. The Hall–Kier alpha value is -1.00. The van der Waals surface area contributed by atoms with Crippen molar-refractivity contribution in [2.45, 2.75) is 11.8 Å². The fourth-order valence-corrected chi connectivity index (χ4v) is 1.92. The van der Waals surface area contributed by atoms with Crippen molar-refractivity contribution in [2.75, 3.05) is 19.0 Å². The van der Waals surface area contributed by atoms with Crippen LogP contribution in [0.1, 0.15) is 17.3 Å². The molecule has 4 heteroatoms. The molecule has 82 valence electrons. The highest BCUT2D eigenvalue weighted by atomic mass is 32.2. The second-order valence-corrected chi connectivity index (χ2v) is 3.93. The third kappa shape index (κ3) is 3.57. The van der Waals surface area contributed by atoms with Crippen molar-refractivity contribution in [1.29, 1.82) is 0 Å². The average Bonchev–Trinajstić information content (AvgIpc) is 2.27. The Morgan fingerprint density at radius 2 is 2.20 bits per heavy atom. The van der Waals surface area contributed by atoms with Crippen molar-refractivity contribution in [1.82, 2.24) is 0 Å². The van der Waals surface area contributed by atoms with Gasteiger partial charge in [0.15, 0.2) is 0 Å². The number of hydrogen-bond donors (Lipinski definition) is 1. The maximum Gasteiger partial charge on any atom is 0.339 e. The molecule has 1 N–H and O–H groups in total. The Labute approximate surface area is 93.4 Å². The van der Waals surface area contributed by atoms with Gasteiger partial charge in [-0.2, -0.15) is 0 Å². The topological polar surface area (TPSA) is 46.5 Å². The summed E-state index contributed by atoms with van der Waals surface area (Å²) in [5.74, 6) is 0.273. The first kappa shape index (κ1) is 12.1. The highest BCUT2D eigenvalue weighted by Crippen LogP contribution is 2.22. The quantitative estimate of drug-likeness (QED) is 0.615. The van der Waals surface area contributed by atoms with Gasteiger partial charge in [-0.1, -0.05) is 12.1 Å². The van der Waals surface area contributed by atoms with Crippen molar-refractivity contribution in [2.24, 2.45) is 0 Å². The fourth-order valence-electron chi connectivity index (χ4n) is 1.13. The number of carbonyl (C=O) groups is 1. The molecule has 0 amide bonds. The van der Waals surface area contributed by atoms with E-state index in [1.54, 1.807) is 19.1 Å². The molecule has 0 unspecified atom stereocenters. The van der Waals surface area contributed by atoms with E-state index in [9.17, 15) is 4.79 Å². The molecule has 0 aromatic heterocycles. The van der Waals surface area contributed by atoms with E-state index in [0.717, 1.165) is 4.90 Å². The second-order valence-electron chi connectivity index (χ2n) is 2.79. The molecule has 0 aliphatic carbocycles. The van der Waals surface area contributed by atoms with Gasteiger partial charge < -0.3 is 9.84 Å². The van der Waals surface area contributed by atoms with Gasteiger partial charge in [-0.3, -0.25) is 0 Å². The normalized spacial score (nSPS) is 10.0. The van der Waals surface area contributed by atoms with Crippen LogP contribution in [-0.2, 0) is 4.74 Å². The maximum absolute atomic E-state index is 11.5.